The number of aromatic nitrogens is 3. The molecule has 1 fully saturated rings. The van der Waals surface area contributed by atoms with E-state index >= 15 is 0 Å². The third-order valence-corrected chi connectivity index (χ3v) is 6.00. The zero-order valence-corrected chi connectivity index (χ0v) is 17.2. The topological polar surface area (TPSA) is 66.0 Å². The summed E-state index contributed by atoms with van der Waals surface area (Å²) in [6.45, 7) is 8.37. The normalized spacial score (nSPS) is 16.0. The molecular weight excluding hydrogens is 350 g/mol. The van der Waals surface area contributed by atoms with E-state index in [9.17, 15) is 4.79 Å². The minimum atomic E-state index is -0.000386. The molecule has 0 radical (unpaired) electrons. The zero-order chi connectivity index (χ0) is 19.8. The van der Waals surface area contributed by atoms with Gasteiger partial charge in [-0.05, 0) is 70.4 Å². The molecule has 1 aliphatic heterocycles. The summed E-state index contributed by atoms with van der Waals surface area (Å²) in [5, 5.41) is 8.76. The molecule has 0 atom stereocenters. The number of aryl methyl sites for hydroxylation is 3. The van der Waals surface area contributed by atoms with E-state index in [0.717, 1.165) is 48.5 Å². The van der Waals surface area contributed by atoms with Crippen molar-refractivity contribution < 1.29 is 4.79 Å². The van der Waals surface area contributed by atoms with Gasteiger partial charge in [0.1, 0.15) is 5.82 Å². The molecule has 0 spiro atoms. The summed E-state index contributed by atoms with van der Waals surface area (Å²) in [7, 11) is 2.15. The van der Waals surface area contributed by atoms with Crippen LogP contribution in [-0.2, 0) is 11.2 Å². The van der Waals surface area contributed by atoms with E-state index in [2.05, 4.69) is 53.3 Å². The van der Waals surface area contributed by atoms with Crippen LogP contribution in [0.3, 0.4) is 0 Å². The molecule has 1 aromatic carbocycles. The summed E-state index contributed by atoms with van der Waals surface area (Å²) >= 11 is 0. The molecule has 6 heteroatoms. The van der Waals surface area contributed by atoms with Crippen molar-refractivity contribution in [3.8, 4) is 0 Å². The van der Waals surface area contributed by atoms with Crippen LogP contribution < -0.4 is 5.32 Å². The van der Waals surface area contributed by atoms with Crippen LogP contribution in [0.5, 0.6) is 0 Å². The van der Waals surface area contributed by atoms with E-state index in [4.69, 9.17) is 0 Å². The van der Waals surface area contributed by atoms with Crippen molar-refractivity contribution in [1.82, 2.24) is 19.7 Å². The predicted molar refractivity (Wildman–Crippen MR) is 113 cm³/mol. The lowest BCUT2D eigenvalue weighted by Crippen LogP contribution is -2.32. The number of piperidine rings is 1. The molecule has 28 heavy (non-hydrogen) atoms. The van der Waals surface area contributed by atoms with Gasteiger partial charge in [-0.2, -0.15) is 5.10 Å². The number of hydrogen-bond acceptors (Lipinski definition) is 3. The van der Waals surface area contributed by atoms with Crippen LogP contribution in [0.4, 0.5) is 5.82 Å². The molecule has 1 aliphatic rings. The second-order valence-electron chi connectivity index (χ2n) is 8.10. The molecular formula is C22H29N5O. The first-order valence-corrected chi connectivity index (χ1v) is 10.0. The van der Waals surface area contributed by atoms with Crippen LogP contribution in [0.1, 0.15) is 41.3 Å². The van der Waals surface area contributed by atoms with Crippen molar-refractivity contribution in [2.45, 2.75) is 46.1 Å². The highest BCUT2D eigenvalue weighted by Crippen LogP contribution is 2.29. The lowest BCUT2D eigenvalue weighted by molar-refractivity contribution is -0.115. The third-order valence-electron chi connectivity index (χ3n) is 6.00. The summed E-state index contributed by atoms with van der Waals surface area (Å²) in [5.74, 6) is 0.796. The van der Waals surface area contributed by atoms with Gasteiger partial charge in [-0.15, -0.1) is 0 Å². The Kier molecular flexibility index (Phi) is 4.98. The van der Waals surface area contributed by atoms with Crippen molar-refractivity contribution in [2.75, 3.05) is 25.5 Å². The number of fused-ring (bicyclic) bond motifs is 1. The van der Waals surface area contributed by atoms with Gasteiger partial charge in [0.25, 0.3) is 0 Å². The second kappa shape index (κ2) is 7.43. The Balaban J connectivity index is 1.54. The number of benzene rings is 1. The van der Waals surface area contributed by atoms with E-state index in [0.29, 0.717) is 12.5 Å². The van der Waals surface area contributed by atoms with Gasteiger partial charge in [0.2, 0.25) is 5.91 Å². The Bertz CT molecular complexity index is 1010. The summed E-state index contributed by atoms with van der Waals surface area (Å²) in [4.78, 5) is 18.7. The Morgan fingerprint density at radius 3 is 2.64 bits per heavy atom. The van der Waals surface area contributed by atoms with Gasteiger partial charge in [0, 0.05) is 22.7 Å². The number of H-pyrrole nitrogens is 1. The van der Waals surface area contributed by atoms with E-state index in [1.54, 1.807) is 6.20 Å². The summed E-state index contributed by atoms with van der Waals surface area (Å²) in [5.41, 5.74) is 5.68. The van der Waals surface area contributed by atoms with Gasteiger partial charge >= 0.3 is 0 Å². The number of carbonyl (C=O) groups excluding carboxylic acids is 1. The Morgan fingerprint density at radius 1 is 1.18 bits per heavy atom. The number of hydrogen-bond donors (Lipinski definition) is 2. The van der Waals surface area contributed by atoms with Crippen molar-refractivity contribution in [2.24, 2.45) is 0 Å². The Labute approximate surface area is 165 Å². The van der Waals surface area contributed by atoms with Crippen LogP contribution in [0.25, 0.3) is 10.9 Å². The highest BCUT2D eigenvalue weighted by molar-refractivity contribution is 5.97. The van der Waals surface area contributed by atoms with E-state index in [1.807, 2.05) is 17.7 Å². The van der Waals surface area contributed by atoms with Crippen molar-refractivity contribution in [3.05, 3.63) is 46.8 Å². The molecule has 4 rings (SSSR count). The lowest BCUT2D eigenvalue weighted by atomic mass is 10.0. The number of likely N-dealkylation sites (tertiary alicyclic amines) is 1. The molecule has 0 aliphatic carbocycles. The maximum atomic E-state index is 12.9. The fraction of sp³-hybridized carbons (Fsp3) is 0.455. The van der Waals surface area contributed by atoms with E-state index in [-0.39, 0.29) is 5.91 Å². The summed E-state index contributed by atoms with van der Waals surface area (Å²) < 4.78 is 1.99. The predicted octanol–water partition coefficient (Wildman–Crippen LogP) is 3.74. The number of carbonyl (C=O) groups is 1. The van der Waals surface area contributed by atoms with Gasteiger partial charge in [-0.3, -0.25) is 4.79 Å². The van der Waals surface area contributed by atoms with Gasteiger partial charge in [0.05, 0.1) is 18.7 Å². The SMILES string of the molecule is Cc1[nH]c2c(C)ccc(C)c2c1CC(=O)Nc1ccnn1C1CCN(C)CC1. The van der Waals surface area contributed by atoms with Crippen molar-refractivity contribution in [1.29, 1.82) is 0 Å². The molecule has 1 amide bonds. The molecule has 0 unspecified atom stereocenters. The number of amides is 1. The number of aromatic amines is 1. The minimum Gasteiger partial charge on any atom is -0.358 e. The second-order valence-corrected chi connectivity index (χ2v) is 8.10. The maximum absolute atomic E-state index is 12.9. The fourth-order valence-electron chi connectivity index (χ4n) is 4.32. The Hall–Kier alpha value is -2.60. The van der Waals surface area contributed by atoms with Crippen LogP contribution in [0, 0.1) is 20.8 Å². The highest BCUT2D eigenvalue weighted by Gasteiger charge is 2.22. The monoisotopic (exact) mass is 379 g/mol. The maximum Gasteiger partial charge on any atom is 0.230 e. The number of rotatable bonds is 4. The van der Waals surface area contributed by atoms with E-state index < -0.39 is 0 Å². The molecule has 0 saturated carbocycles. The molecule has 3 heterocycles. The van der Waals surface area contributed by atoms with Gasteiger partial charge in [-0.25, -0.2) is 4.68 Å². The summed E-state index contributed by atoms with van der Waals surface area (Å²) in [6, 6.07) is 6.49. The molecule has 0 bridgehead atoms. The first-order chi connectivity index (χ1) is 13.4. The van der Waals surface area contributed by atoms with Gasteiger partial charge in [0.15, 0.2) is 0 Å². The largest absolute Gasteiger partial charge is 0.358 e. The fourth-order valence-corrected chi connectivity index (χ4v) is 4.32. The van der Waals surface area contributed by atoms with Crippen LogP contribution >= 0.6 is 0 Å². The van der Waals surface area contributed by atoms with Crippen LogP contribution in [-0.4, -0.2) is 45.7 Å². The first kappa shape index (κ1) is 18.7. The lowest BCUT2D eigenvalue weighted by Gasteiger charge is -2.30. The molecule has 148 valence electrons. The van der Waals surface area contributed by atoms with Gasteiger partial charge in [-0.1, -0.05) is 12.1 Å². The number of anilines is 1. The minimum absolute atomic E-state index is 0.000386. The Morgan fingerprint density at radius 2 is 1.89 bits per heavy atom. The smallest absolute Gasteiger partial charge is 0.230 e. The van der Waals surface area contributed by atoms with E-state index in [1.165, 1.54) is 16.5 Å². The molecule has 6 nitrogen and oxygen atoms in total. The molecule has 3 aromatic rings. The first-order valence-electron chi connectivity index (χ1n) is 10.0. The van der Waals surface area contributed by atoms with Crippen molar-refractivity contribution in [3.63, 3.8) is 0 Å². The molecule has 2 N–H and O–H groups in total. The number of nitrogens with one attached hydrogen (secondary N) is 2. The van der Waals surface area contributed by atoms with Crippen molar-refractivity contribution >= 4 is 22.6 Å². The van der Waals surface area contributed by atoms with Crippen LogP contribution in [0.15, 0.2) is 24.4 Å². The standard InChI is InChI=1S/C22H29N5O/c1-14-5-6-15(2)22-21(14)18(16(3)24-22)13-20(28)25-19-7-10-23-27(19)17-8-11-26(4)12-9-17/h5-7,10,17,24H,8-9,11-13H2,1-4H3,(H,25,28). The van der Waals surface area contributed by atoms with Gasteiger partial charge < -0.3 is 15.2 Å². The van der Waals surface area contributed by atoms with Crippen LogP contribution in [0.2, 0.25) is 0 Å². The average molecular weight is 380 g/mol. The zero-order valence-electron chi connectivity index (χ0n) is 17.2. The quantitative estimate of drug-likeness (QED) is 0.726. The average Bonchev–Trinajstić information content (AvgIpc) is 3.25. The summed E-state index contributed by atoms with van der Waals surface area (Å²) in [6.07, 6.45) is 4.25. The molecule has 2 aromatic heterocycles. The highest BCUT2D eigenvalue weighted by atomic mass is 16.1. The third kappa shape index (κ3) is 3.44. The molecule has 1 saturated heterocycles. The number of nitrogens with zero attached hydrogens (tertiary/aromatic N) is 3.